The van der Waals surface area contributed by atoms with E-state index in [-0.39, 0.29) is 0 Å². The molecule has 0 saturated heterocycles. The summed E-state index contributed by atoms with van der Waals surface area (Å²) in [5, 5.41) is 2.26. The molecule has 0 bridgehead atoms. The van der Waals surface area contributed by atoms with Crippen LogP contribution in [0.4, 0.5) is 34.1 Å². The first-order valence-corrected chi connectivity index (χ1v) is 22.2. The van der Waals surface area contributed by atoms with E-state index in [4.69, 9.17) is 15.0 Å². The van der Waals surface area contributed by atoms with Gasteiger partial charge in [0.15, 0.2) is 17.5 Å². The van der Waals surface area contributed by atoms with Gasteiger partial charge in [0, 0.05) is 67.3 Å². The summed E-state index contributed by atoms with van der Waals surface area (Å²) >= 11 is 0. The van der Waals surface area contributed by atoms with Crippen LogP contribution in [0.25, 0.3) is 55.9 Å². The molecule has 6 nitrogen and oxygen atoms in total. The Bertz CT molecular complexity index is 3100. The maximum absolute atomic E-state index is 5.00. The lowest BCUT2D eigenvalue weighted by Gasteiger charge is -2.26. The number of fused-ring (bicyclic) bond motifs is 3. The van der Waals surface area contributed by atoms with Crippen LogP contribution < -0.4 is 9.80 Å². The highest BCUT2D eigenvalue weighted by Crippen LogP contribution is 2.44. The number of para-hydroxylation sites is 4. The van der Waals surface area contributed by atoms with Crippen LogP contribution in [0, 0.1) is 0 Å². The molecule has 0 radical (unpaired) electrons. The number of nitrogens with zero attached hydrogens (tertiary/aromatic N) is 6. The molecule has 10 aromatic rings. The van der Waals surface area contributed by atoms with Gasteiger partial charge in [0.05, 0.1) is 11.0 Å². The van der Waals surface area contributed by atoms with E-state index in [1.807, 2.05) is 60.7 Å². The summed E-state index contributed by atoms with van der Waals surface area (Å²) in [7, 11) is 0. The molecular weight excluding hydrogens is 805 g/mol. The van der Waals surface area contributed by atoms with E-state index >= 15 is 0 Å². The van der Waals surface area contributed by atoms with Gasteiger partial charge >= 0.3 is 0 Å². The average molecular weight is 853 g/mol. The van der Waals surface area contributed by atoms with E-state index < -0.39 is 0 Å². The maximum atomic E-state index is 5.00. The number of rotatable bonds is 12. The number of anilines is 6. The van der Waals surface area contributed by atoms with Crippen molar-refractivity contribution >= 4 is 67.2 Å². The molecule has 10 rings (SSSR count). The first kappa shape index (κ1) is 41.4. The van der Waals surface area contributed by atoms with Crippen molar-refractivity contribution in [2.45, 2.75) is 20.8 Å². The Kier molecular flexibility index (Phi) is 11.4. The summed E-state index contributed by atoms with van der Waals surface area (Å²) in [5.74, 6) is 1.72. The molecule has 0 saturated carbocycles. The standard InChI is InChI=1S/C60H48N6/c1-42(2)57(43(3)39-44(4)58-61-59(45-23-11-5-12-24-45)63-60(62-58)46-25-13-6-14-26-46)66-55-37-35-51(64(47-27-15-7-16-28-47)48-29-17-8-18-30-48)40-53(55)54-41-52(36-38-56(54)66)65(49-31-19-9-20-32-49)50-33-21-10-22-34-50/h5-41H,4H2,1-3H3/b43-39-. The van der Waals surface area contributed by atoms with Crippen molar-refractivity contribution in [1.29, 1.82) is 0 Å². The van der Waals surface area contributed by atoms with E-state index in [9.17, 15) is 0 Å². The van der Waals surface area contributed by atoms with Gasteiger partial charge in [-0.15, -0.1) is 0 Å². The van der Waals surface area contributed by atoms with Crippen LogP contribution in [0.2, 0.25) is 0 Å². The molecule has 0 aliphatic heterocycles. The lowest BCUT2D eigenvalue weighted by molar-refractivity contribution is 1.04. The molecular formula is C60H48N6. The summed E-state index contributed by atoms with van der Waals surface area (Å²) in [6.45, 7) is 11.1. The summed E-state index contributed by atoms with van der Waals surface area (Å²) < 4.78 is 2.41. The molecule has 0 spiro atoms. The Labute approximate surface area is 386 Å². The zero-order valence-electron chi connectivity index (χ0n) is 37.3. The topological polar surface area (TPSA) is 50.1 Å². The third-order valence-electron chi connectivity index (χ3n) is 11.8. The van der Waals surface area contributed by atoms with Crippen LogP contribution in [0.15, 0.2) is 242 Å². The quantitative estimate of drug-likeness (QED) is 0.115. The molecule has 2 aromatic heterocycles. The number of allylic oxidation sites excluding steroid dienone is 5. The van der Waals surface area contributed by atoms with E-state index in [2.05, 4.69) is 206 Å². The summed E-state index contributed by atoms with van der Waals surface area (Å²) in [4.78, 5) is 19.6. The van der Waals surface area contributed by atoms with Gasteiger partial charge < -0.3 is 14.4 Å². The lowest BCUT2D eigenvalue weighted by atomic mass is 10.1. The fourth-order valence-corrected chi connectivity index (χ4v) is 8.86. The summed E-state index contributed by atoms with van der Waals surface area (Å²) in [6, 6.07) is 76.1. The molecule has 2 heterocycles. The highest BCUT2D eigenvalue weighted by molar-refractivity contribution is 6.13. The minimum absolute atomic E-state index is 0.524. The molecule has 6 heteroatoms. The number of hydrogen-bond donors (Lipinski definition) is 0. The van der Waals surface area contributed by atoms with Crippen molar-refractivity contribution in [3.8, 4) is 22.8 Å². The molecule has 0 amide bonds. The smallest absolute Gasteiger partial charge is 0.164 e. The normalized spacial score (nSPS) is 11.4. The molecule has 0 aliphatic carbocycles. The van der Waals surface area contributed by atoms with Crippen LogP contribution in [0.3, 0.4) is 0 Å². The second-order valence-electron chi connectivity index (χ2n) is 16.5. The molecule has 0 atom stereocenters. The Hall–Kier alpha value is -8.61. The largest absolute Gasteiger partial charge is 0.310 e. The molecule has 0 N–H and O–H groups in total. The second-order valence-corrected chi connectivity index (χ2v) is 16.5. The summed E-state index contributed by atoms with van der Waals surface area (Å²) in [6.07, 6.45) is 2.11. The zero-order chi connectivity index (χ0) is 45.0. The Balaban J connectivity index is 1.16. The number of benzene rings is 8. The minimum Gasteiger partial charge on any atom is -0.310 e. The molecule has 66 heavy (non-hydrogen) atoms. The lowest BCUT2D eigenvalue weighted by Crippen LogP contribution is -2.09. The number of aromatic nitrogens is 4. The summed E-state index contributed by atoms with van der Waals surface area (Å²) in [5.41, 5.74) is 14.4. The fourth-order valence-electron chi connectivity index (χ4n) is 8.86. The first-order chi connectivity index (χ1) is 32.4. The maximum Gasteiger partial charge on any atom is 0.164 e. The van der Waals surface area contributed by atoms with Crippen LogP contribution in [-0.4, -0.2) is 19.5 Å². The monoisotopic (exact) mass is 852 g/mol. The third kappa shape index (κ3) is 8.20. The Morgan fingerprint density at radius 3 is 1.12 bits per heavy atom. The van der Waals surface area contributed by atoms with E-state index in [1.54, 1.807) is 0 Å². The second kappa shape index (κ2) is 18.2. The van der Waals surface area contributed by atoms with Crippen molar-refractivity contribution < 1.29 is 0 Å². The first-order valence-electron chi connectivity index (χ1n) is 22.2. The molecule has 0 aliphatic rings. The average Bonchev–Trinajstić information content (AvgIpc) is 3.68. The van der Waals surface area contributed by atoms with Crippen LogP contribution in [-0.2, 0) is 0 Å². The van der Waals surface area contributed by atoms with Gasteiger partial charge in [0.25, 0.3) is 0 Å². The van der Waals surface area contributed by atoms with Gasteiger partial charge in [-0.05, 0) is 117 Å². The highest BCUT2D eigenvalue weighted by Gasteiger charge is 2.22. The van der Waals surface area contributed by atoms with Crippen molar-refractivity contribution in [3.05, 3.63) is 248 Å². The van der Waals surface area contributed by atoms with Crippen molar-refractivity contribution in [3.63, 3.8) is 0 Å². The highest BCUT2D eigenvalue weighted by atomic mass is 15.2. The van der Waals surface area contributed by atoms with Gasteiger partial charge in [0.1, 0.15) is 0 Å². The predicted molar refractivity (Wildman–Crippen MR) is 277 cm³/mol. The van der Waals surface area contributed by atoms with Gasteiger partial charge in [-0.3, -0.25) is 0 Å². The van der Waals surface area contributed by atoms with Crippen LogP contribution >= 0.6 is 0 Å². The van der Waals surface area contributed by atoms with Gasteiger partial charge in [0.2, 0.25) is 0 Å². The van der Waals surface area contributed by atoms with E-state index in [0.717, 1.165) is 83.9 Å². The van der Waals surface area contributed by atoms with Gasteiger partial charge in [-0.2, -0.15) is 0 Å². The van der Waals surface area contributed by atoms with Gasteiger partial charge in [-0.25, -0.2) is 15.0 Å². The van der Waals surface area contributed by atoms with Crippen LogP contribution in [0.1, 0.15) is 26.6 Å². The zero-order valence-corrected chi connectivity index (χ0v) is 37.3. The third-order valence-corrected chi connectivity index (χ3v) is 11.8. The SMILES string of the molecule is C=C(/C=C(/C)C(=C(C)C)n1c2ccc(N(c3ccccc3)c3ccccc3)cc2c2cc(N(c3ccccc3)c3ccccc3)ccc21)c1nc(-c2ccccc2)nc(-c2ccccc2)n1. The van der Waals surface area contributed by atoms with E-state index in [0.29, 0.717) is 23.0 Å². The van der Waals surface area contributed by atoms with E-state index in [1.165, 1.54) is 0 Å². The fraction of sp³-hybridized carbons (Fsp3) is 0.0500. The molecule has 8 aromatic carbocycles. The Morgan fingerprint density at radius 1 is 0.424 bits per heavy atom. The van der Waals surface area contributed by atoms with Crippen molar-refractivity contribution in [2.75, 3.05) is 9.80 Å². The number of hydrogen-bond acceptors (Lipinski definition) is 5. The van der Waals surface area contributed by atoms with Crippen LogP contribution in [0.5, 0.6) is 0 Å². The van der Waals surface area contributed by atoms with Crippen molar-refractivity contribution in [1.82, 2.24) is 19.5 Å². The molecule has 318 valence electrons. The Morgan fingerprint density at radius 2 is 0.773 bits per heavy atom. The minimum atomic E-state index is 0.524. The predicted octanol–water partition coefficient (Wildman–Crippen LogP) is 16.2. The molecule has 0 fully saturated rings. The molecule has 0 unspecified atom stereocenters. The van der Waals surface area contributed by atoms with Crippen molar-refractivity contribution in [2.24, 2.45) is 0 Å². The van der Waals surface area contributed by atoms with Gasteiger partial charge in [-0.1, -0.05) is 146 Å².